The number of rotatable bonds is 3. The van der Waals surface area contributed by atoms with E-state index in [1.165, 1.54) is 0 Å². The van der Waals surface area contributed by atoms with Crippen molar-refractivity contribution in [3.63, 3.8) is 0 Å². The van der Waals surface area contributed by atoms with Crippen molar-refractivity contribution in [2.45, 2.75) is 0 Å². The van der Waals surface area contributed by atoms with Crippen molar-refractivity contribution in [1.29, 1.82) is 0 Å². The number of aromatic nitrogens is 2. The molecule has 1 heterocycles. The van der Waals surface area contributed by atoms with Crippen LogP contribution in [0, 0.1) is 0 Å². The van der Waals surface area contributed by atoms with Crippen molar-refractivity contribution in [2.75, 3.05) is 7.11 Å². The zero-order valence-corrected chi connectivity index (χ0v) is 11.7. The maximum atomic E-state index is 12.1. The van der Waals surface area contributed by atoms with Gasteiger partial charge in [0.05, 0.1) is 30.0 Å². The van der Waals surface area contributed by atoms with Crippen LogP contribution in [0.25, 0.3) is 11.0 Å². The zero-order chi connectivity index (χ0) is 14.8. The average molecular weight is 282 g/mol. The molecule has 0 N–H and O–H groups in total. The molecule has 0 aliphatic carbocycles. The summed E-state index contributed by atoms with van der Waals surface area (Å²) in [5.41, 5.74) is 2.24. The quantitative estimate of drug-likeness (QED) is 0.547. The molecule has 0 bridgehead atoms. The molecule has 1 aromatic heterocycles. The van der Waals surface area contributed by atoms with Crippen LogP contribution < -0.4 is 9.47 Å². The van der Waals surface area contributed by atoms with Gasteiger partial charge >= 0.3 is 5.97 Å². The van der Waals surface area contributed by atoms with Crippen molar-refractivity contribution in [1.82, 2.24) is 9.55 Å². The summed E-state index contributed by atoms with van der Waals surface area (Å²) >= 11 is 0. The Hall–Kier alpha value is -2.82. The SMILES string of the molecule is COc1ccc(C(=O)Oc2ccc3c(c2)ncn3C)cc1. The number of aryl methyl sites for hydroxylation is 1. The number of imidazole rings is 1. The minimum atomic E-state index is -0.409. The summed E-state index contributed by atoms with van der Waals surface area (Å²) in [7, 11) is 3.49. The molecule has 3 rings (SSSR count). The van der Waals surface area contributed by atoms with Crippen molar-refractivity contribution in [2.24, 2.45) is 7.05 Å². The Bertz CT molecular complexity index is 791. The van der Waals surface area contributed by atoms with Crippen molar-refractivity contribution >= 4 is 17.0 Å². The molecule has 0 aliphatic rings. The lowest BCUT2D eigenvalue weighted by Gasteiger charge is -2.05. The Morgan fingerprint density at radius 2 is 1.81 bits per heavy atom. The monoisotopic (exact) mass is 282 g/mol. The van der Waals surface area contributed by atoms with Gasteiger partial charge in [0, 0.05) is 13.1 Å². The van der Waals surface area contributed by atoms with E-state index in [1.54, 1.807) is 49.8 Å². The van der Waals surface area contributed by atoms with Crippen LogP contribution in [-0.2, 0) is 7.05 Å². The van der Waals surface area contributed by atoms with Crippen molar-refractivity contribution in [3.8, 4) is 11.5 Å². The molecule has 3 aromatic rings. The molecular weight excluding hydrogens is 268 g/mol. The molecule has 0 saturated carbocycles. The highest BCUT2D eigenvalue weighted by Crippen LogP contribution is 2.20. The number of carbonyl (C=O) groups excluding carboxylic acids is 1. The number of methoxy groups -OCH3 is 1. The fourth-order valence-corrected chi connectivity index (χ4v) is 2.07. The van der Waals surface area contributed by atoms with Gasteiger partial charge in [-0.1, -0.05) is 0 Å². The molecule has 2 aromatic carbocycles. The van der Waals surface area contributed by atoms with Crippen LogP contribution in [0.1, 0.15) is 10.4 Å². The summed E-state index contributed by atoms with van der Waals surface area (Å²) in [5, 5.41) is 0. The van der Waals surface area contributed by atoms with E-state index in [4.69, 9.17) is 9.47 Å². The molecule has 0 amide bonds. The molecule has 0 unspecified atom stereocenters. The molecule has 0 spiro atoms. The molecule has 0 aliphatic heterocycles. The number of carbonyl (C=O) groups is 1. The van der Waals surface area contributed by atoms with Crippen LogP contribution in [0.2, 0.25) is 0 Å². The smallest absolute Gasteiger partial charge is 0.343 e. The predicted octanol–water partition coefficient (Wildman–Crippen LogP) is 2.80. The van der Waals surface area contributed by atoms with Crippen LogP contribution in [-0.4, -0.2) is 22.6 Å². The lowest BCUT2D eigenvalue weighted by Crippen LogP contribution is -2.08. The first kappa shape index (κ1) is 13.2. The third-order valence-corrected chi connectivity index (χ3v) is 3.23. The predicted molar refractivity (Wildman–Crippen MR) is 78.7 cm³/mol. The van der Waals surface area contributed by atoms with Crippen LogP contribution in [0.15, 0.2) is 48.8 Å². The average Bonchev–Trinajstić information content (AvgIpc) is 2.88. The maximum Gasteiger partial charge on any atom is 0.343 e. The highest BCUT2D eigenvalue weighted by Gasteiger charge is 2.10. The number of ether oxygens (including phenoxy) is 2. The molecular formula is C16H14N2O3. The van der Waals surface area contributed by atoms with E-state index in [2.05, 4.69) is 4.98 Å². The Morgan fingerprint density at radius 1 is 1.10 bits per heavy atom. The van der Waals surface area contributed by atoms with Gasteiger partial charge in [0.2, 0.25) is 0 Å². The summed E-state index contributed by atoms with van der Waals surface area (Å²) in [5.74, 6) is 0.761. The van der Waals surface area contributed by atoms with Gasteiger partial charge in [0.25, 0.3) is 0 Å². The van der Waals surface area contributed by atoms with E-state index in [9.17, 15) is 4.79 Å². The summed E-state index contributed by atoms with van der Waals surface area (Å²) in [4.78, 5) is 16.3. The number of nitrogens with zero attached hydrogens (tertiary/aromatic N) is 2. The highest BCUT2D eigenvalue weighted by atomic mass is 16.5. The summed E-state index contributed by atoms with van der Waals surface area (Å²) in [6, 6.07) is 12.2. The van der Waals surface area contributed by atoms with Gasteiger partial charge in [0.15, 0.2) is 0 Å². The molecule has 0 fully saturated rings. The topological polar surface area (TPSA) is 53.4 Å². The fourth-order valence-electron chi connectivity index (χ4n) is 2.07. The summed E-state index contributed by atoms with van der Waals surface area (Å²) in [6.07, 6.45) is 1.72. The first-order chi connectivity index (χ1) is 10.2. The Kier molecular flexibility index (Phi) is 3.31. The lowest BCUT2D eigenvalue weighted by molar-refractivity contribution is 0.0735. The van der Waals surface area contributed by atoms with Gasteiger partial charge in [-0.05, 0) is 36.4 Å². The Balaban J connectivity index is 1.81. The van der Waals surface area contributed by atoms with Gasteiger partial charge in [0.1, 0.15) is 11.5 Å². The molecule has 5 heteroatoms. The minimum absolute atomic E-state index is 0.409. The van der Waals surface area contributed by atoms with E-state index in [0.717, 1.165) is 11.0 Å². The Morgan fingerprint density at radius 3 is 2.52 bits per heavy atom. The van der Waals surface area contributed by atoms with Gasteiger partial charge < -0.3 is 14.0 Å². The second kappa shape index (κ2) is 5.28. The van der Waals surface area contributed by atoms with Crippen LogP contribution in [0.3, 0.4) is 0 Å². The minimum Gasteiger partial charge on any atom is -0.497 e. The van der Waals surface area contributed by atoms with Gasteiger partial charge in [-0.3, -0.25) is 0 Å². The number of fused-ring (bicyclic) bond motifs is 1. The molecule has 106 valence electrons. The van der Waals surface area contributed by atoms with Gasteiger partial charge in [-0.15, -0.1) is 0 Å². The second-order valence-electron chi connectivity index (χ2n) is 4.62. The summed E-state index contributed by atoms with van der Waals surface area (Å²) in [6.45, 7) is 0. The largest absolute Gasteiger partial charge is 0.497 e. The van der Waals surface area contributed by atoms with E-state index in [1.807, 2.05) is 17.7 Å². The highest BCUT2D eigenvalue weighted by molar-refractivity contribution is 5.91. The third kappa shape index (κ3) is 2.58. The number of hydrogen-bond acceptors (Lipinski definition) is 4. The molecule has 5 nitrogen and oxygen atoms in total. The zero-order valence-electron chi connectivity index (χ0n) is 11.7. The normalized spacial score (nSPS) is 10.6. The van der Waals surface area contributed by atoms with Crippen molar-refractivity contribution in [3.05, 3.63) is 54.4 Å². The van der Waals surface area contributed by atoms with Gasteiger partial charge in [-0.2, -0.15) is 0 Å². The molecule has 0 radical (unpaired) electrons. The molecule has 0 atom stereocenters. The summed E-state index contributed by atoms with van der Waals surface area (Å²) < 4.78 is 12.3. The van der Waals surface area contributed by atoms with Gasteiger partial charge in [-0.25, -0.2) is 9.78 Å². The van der Waals surface area contributed by atoms with Crippen LogP contribution in [0.4, 0.5) is 0 Å². The Labute approximate surface area is 121 Å². The number of hydrogen-bond donors (Lipinski definition) is 0. The van der Waals surface area contributed by atoms with E-state index >= 15 is 0 Å². The molecule has 21 heavy (non-hydrogen) atoms. The number of benzene rings is 2. The first-order valence-electron chi connectivity index (χ1n) is 6.44. The van der Waals surface area contributed by atoms with Crippen LogP contribution >= 0.6 is 0 Å². The second-order valence-corrected chi connectivity index (χ2v) is 4.62. The lowest BCUT2D eigenvalue weighted by atomic mass is 10.2. The van der Waals surface area contributed by atoms with E-state index < -0.39 is 5.97 Å². The van der Waals surface area contributed by atoms with Crippen molar-refractivity contribution < 1.29 is 14.3 Å². The maximum absolute atomic E-state index is 12.1. The van der Waals surface area contributed by atoms with Crippen LogP contribution in [0.5, 0.6) is 11.5 Å². The van der Waals surface area contributed by atoms with E-state index in [0.29, 0.717) is 17.1 Å². The molecule has 0 saturated heterocycles. The fraction of sp³-hybridized carbons (Fsp3) is 0.125. The number of esters is 1. The third-order valence-electron chi connectivity index (χ3n) is 3.23. The van der Waals surface area contributed by atoms with E-state index in [-0.39, 0.29) is 0 Å². The standard InChI is InChI=1S/C16H14N2O3/c1-18-10-17-14-9-13(7-8-15(14)18)21-16(19)11-3-5-12(20-2)6-4-11/h3-10H,1-2H3. The first-order valence-corrected chi connectivity index (χ1v) is 6.44.